The second-order valence-corrected chi connectivity index (χ2v) is 9.51. The van der Waals surface area contributed by atoms with Crippen molar-refractivity contribution < 1.29 is 12.8 Å². The van der Waals surface area contributed by atoms with E-state index in [1.807, 2.05) is 22.8 Å². The quantitative estimate of drug-likeness (QED) is 0.524. The van der Waals surface area contributed by atoms with Crippen molar-refractivity contribution in [2.75, 3.05) is 13.1 Å². The van der Waals surface area contributed by atoms with Gasteiger partial charge in [-0.05, 0) is 36.1 Å². The molecule has 0 spiro atoms. The van der Waals surface area contributed by atoms with E-state index in [0.29, 0.717) is 23.7 Å². The molecule has 4 aromatic rings. The molecule has 1 atom stereocenters. The average molecular weight is 400 g/mol. The molecule has 1 aliphatic heterocycles. The Bertz CT molecular complexity index is 1180. The lowest BCUT2D eigenvalue weighted by atomic mass is 10.2. The maximum atomic E-state index is 12.9. The van der Waals surface area contributed by atoms with E-state index in [-0.39, 0.29) is 6.04 Å². The maximum Gasteiger partial charge on any atom is 0.252 e. The Morgan fingerprint density at radius 3 is 2.93 bits per heavy atom. The summed E-state index contributed by atoms with van der Waals surface area (Å²) in [5.74, 6) is 0.748. The summed E-state index contributed by atoms with van der Waals surface area (Å²) < 4.78 is 34.9. The zero-order valence-electron chi connectivity index (χ0n) is 14.2. The van der Waals surface area contributed by atoms with Crippen LogP contribution >= 0.6 is 11.3 Å². The van der Waals surface area contributed by atoms with E-state index < -0.39 is 10.0 Å². The summed E-state index contributed by atoms with van der Waals surface area (Å²) >= 11 is 1.25. The van der Waals surface area contributed by atoms with Crippen LogP contribution in [0.3, 0.4) is 0 Å². The molecular weight excluding hydrogens is 384 g/mol. The number of sulfonamides is 1. The summed E-state index contributed by atoms with van der Waals surface area (Å²) in [7, 11) is -3.46. The van der Waals surface area contributed by atoms with Gasteiger partial charge >= 0.3 is 0 Å². The van der Waals surface area contributed by atoms with Gasteiger partial charge in [-0.15, -0.1) is 11.3 Å². The topological polar surface area (TPSA) is 81.2 Å². The molecule has 0 radical (unpaired) electrons. The molecule has 0 bridgehead atoms. The third-order valence-electron chi connectivity index (χ3n) is 4.81. The van der Waals surface area contributed by atoms with Crippen LogP contribution in [-0.4, -0.2) is 40.3 Å². The third kappa shape index (κ3) is 2.70. The Kier molecular flexibility index (Phi) is 3.88. The molecule has 0 amide bonds. The van der Waals surface area contributed by atoms with Crippen molar-refractivity contribution in [1.82, 2.24) is 18.8 Å². The van der Waals surface area contributed by atoms with Crippen molar-refractivity contribution in [3.63, 3.8) is 0 Å². The minimum absolute atomic E-state index is 0.0375. The summed E-state index contributed by atoms with van der Waals surface area (Å²) in [6, 6.07) is 8.99. The predicted molar refractivity (Wildman–Crippen MR) is 102 cm³/mol. The Morgan fingerprint density at radius 1 is 1.22 bits per heavy atom. The Balaban J connectivity index is 1.56. The lowest BCUT2D eigenvalue weighted by molar-refractivity contribution is 0.456. The van der Waals surface area contributed by atoms with E-state index in [9.17, 15) is 8.42 Å². The van der Waals surface area contributed by atoms with Gasteiger partial charge in [-0.3, -0.25) is 0 Å². The number of nitrogens with zero attached hydrogens (tertiary/aromatic N) is 4. The first kappa shape index (κ1) is 16.7. The molecule has 0 unspecified atom stereocenters. The number of hydrogen-bond donors (Lipinski definition) is 0. The molecule has 0 saturated carbocycles. The molecule has 0 aliphatic carbocycles. The number of fused-ring (bicyclic) bond motifs is 1. The lowest BCUT2D eigenvalue weighted by Gasteiger charge is -2.17. The summed E-state index contributed by atoms with van der Waals surface area (Å²) in [5.41, 5.74) is 2.40. The lowest BCUT2D eigenvalue weighted by Crippen LogP contribution is -2.28. The zero-order valence-corrected chi connectivity index (χ0v) is 15.9. The van der Waals surface area contributed by atoms with Crippen molar-refractivity contribution in [2.24, 2.45) is 0 Å². The van der Waals surface area contributed by atoms with E-state index in [1.54, 1.807) is 40.5 Å². The standard InChI is InChI=1S/C18H16N4O3S2/c23-27(24,16-4-2-10-26-16)21-8-5-14(11-21)22-17(13-6-9-25-12-13)20-15-3-1-7-19-18(15)22/h1-4,6-7,9-10,12,14H,5,8,11H2/t14-/m0/s1. The average Bonchev–Trinajstić information content (AvgIpc) is 3.48. The van der Waals surface area contributed by atoms with E-state index in [0.717, 1.165) is 22.6 Å². The molecule has 27 heavy (non-hydrogen) atoms. The van der Waals surface area contributed by atoms with Crippen LogP contribution in [0.15, 0.2) is 63.1 Å². The number of aromatic nitrogens is 3. The van der Waals surface area contributed by atoms with Crippen molar-refractivity contribution >= 4 is 32.5 Å². The summed E-state index contributed by atoms with van der Waals surface area (Å²) in [6.45, 7) is 0.870. The van der Waals surface area contributed by atoms with Gasteiger partial charge in [-0.25, -0.2) is 18.4 Å². The Labute approximate surface area is 159 Å². The van der Waals surface area contributed by atoms with Crippen LogP contribution in [0, 0.1) is 0 Å². The molecule has 1 saturated heterocycles. The Hall–Kier alpha value is -2.49. The van der Waals surface area contributed by atoms with Gasteiger partial charge in [0.05, 0.1) is 17.9 Å². The molecule has 0 aromatic carbocycles. The highest BCUT2D eigenvalue weighted by atomic mass is 32.2. The largest absolute Gasteiger partial charge is 0.472 e. The third-order valence-corrected chi connectivity index (χ3v) is 8.05. The fourth-order valence-corrected chi connectivity index (χ4v) is 6.18. The second kappa shape index (κ2) is 6.29. The van der Waals surface area contributed by atoms with Gasteiger partial charge in [0.1, 0.15) is 21.8 Å². The number of imidazole rings is 1. The molecule has 5 heterocycles. The molecule has 7 nitrogen and oxygen atoms in total. The number of hydrogen-bond acceptors (Lipinski definition) is 6. The molecular formula is C18H16N4O3S2. The van der Waals surface area contributed by atoms with Crippen LogP contribution in [-0.2, 0) is 10.0 Å². The van der Waals surface area contributed by atoms with Crippen molar-refractivity contribution in [3.8, 4) is 11.4 Å². The normalized spacial score (nSPS) is 18.4. The number of rotatable bonds is 4. The first-order valence-electron chi connectivity index (χ1n) is 8.54. The number of thiophene rings is 1. The monoisotopic (exact) mass is 400 g/mol. The number of pyridine rings is 1. The van der Waals surface area contributed by atoms with Crippen molar-refractivity contribution in [2.45, 2.75) is 16.7 Å². The molecule has 0 N–H and O–H groups in total. The van der Waals surface area contributed by atoms with E-state index in [2.05, 4.69) is 4.98 Å². The van der Waals surface area contributed by atoms with Crippen LogP contribution in [0.25, 0.3) is 22.6 Å². The van der Waals surface area contributed by atoms with Crippen LogP contribution < -0.4 is 0 Å². The van der Waals surface area contributed by atoms with Gasteiger partial charge in [0, 0.05) is 19.3 Å². The van der Waals surface area contributed by atoms with Crippen LogP contribution in [0.5, 0.6) is 0 Å². The molecule has 9 heteroatoms. The van der Waals surface area contributed by atoms with Crippen LogP contribution in [0.1, 0.15) is 12.5 Å². The maximum absolute atomic E-state index is 12.9. The first-order valence-corrected chi connectivity index (χ1v) is 10.9. The fourth-order valence-electron chi connectivity index (χ4n) is 3.55. The molecule has 1 fully saturated rings. The highest BCUT2D eigenvalue weighted by Crippen LogP contribution is 2.34. The van der Waals surface area contributed by atoms with Crippen LogP contribution in [0.4, 0.5) is 0 Å². The summed E-state index contributed by atoms with van der Waals surface area (Å²) in [6.07, 6.45) is 5.69. The summed E-state index contributed by atoms with van der Waals surface area (Å²) in [4.78, 5) is 9.21. The van der Waals surface area contributed by atoms with Gasteiger partial charge in [0.2, 0.25) is 0 Å². The SMILES string of the molecule is O=S(=O)(c1cccs1)N1CC[C@H](n2c(-c3ccoc3)nc3cccnc32)C1. The summed E-state index contributed by atoms with van der Waals surface area (Å²) in [5, 5.41) is 1.78. The van der Waals surface area contributed by atoms with E-state index >= 15 is 0 Å². The highest BCUT2D eigenvalue weighted by molar-refractivity contribution is 7.91. The fraction of sp³-hybridized carbons (Fsp3) is 0.222. The van der Waals surface area contributed by atoms with Crippen LogP contribution in [0.2, 0.25) is 0 Å². The van der Waals surface area contributed by atoms with Crippen molar-refractivity contribution in [1.29, 1.82) is 0 Å². The van der Waals surface area contributed by atoms with E-state index in [1.165, 1.54) is 11.3 Å². The van der Waals surface area contributed by atoms with Gasteiger partial charge in [-0.1, -0.05) is 6.07 Å². The van der Waals surface area contributed by atoms with Gasteiger partial charge in [0.15, 0.2) is 5.65 Å². The van der Waals surface area contributed by atoms with Gasteiger partial charge in [-0.2, -0.15) is 4.31 Å². The molecule has 1 aliphatic rings. The minimum Gasteiger partial charge on any atom is -0.472 e. The van der Waals surface area contributed by atoms with Gasteiger partial charge in [0.25, 0.3) is 10.0 Å². The second-order valence-electron chi connectivity index (χ2n) is 6.40. The smallest absolute Gasteiger partial charge is 0.252 e. The molecule has 138 valence electrons. The zero-order chi connectivity index (χ0) is 18.4. The Morgan fingerprint density at radius 2 is 2.15 bits per heavy atom. The van der Waals surface area contributed by atoms with E-state index in [4.69, 9.17) is 9.40 Å². The number of furan rings is 1. The first-order chi connectivity index (χ1) is 13.1. The highest BCUT2D eigenvalue weighted by Gasteiger charge is 2.35. The predicted octanol–water partition coefficient (Wildman–Crippen LogP) is 3.39. The minimum atomic E-state index is -3.46. The van der Waals surface area contributed by atoms with Crippen molar-refractivity contribution in [3.05, 3.63) is 54.4 Å². The van der Waals surface area contributed by atoms with Gasteiger partial charge < -0.3 is 8.98 Å². The molecule has 4 aromatic heterocycles. The molecule has 5 rings (SSSR count).